The Morgan fingerprint density at radius 2 is 1.80 bits per heavy atom. The molecule has 0 aromatic carbocycles. The Labute approximate surface area is 122 Å². The van der Waals surface area contributed by atoms with Gasteiger partial charge >= 0.3 is 0 Å². The number of rotatable bonds is 5. The summed E-state index contributed by atoms with van der Waals surface area (Å²) < 4.78 is 0. The van der Waals surface area contributed by atoms with Crippen LogP contribution in [0.2, 0.25) is 0 Å². The van der Waals surface area contributed by atoms with Gasteiger partial charge in [-0.25, -0.2) is 0 Å². The van der Waals surface area contributed by atoms with Crippen molar-refractivity contribution in [3.05, 3.63) is 34.4 Å². The van der Waals surface area contributed by atoms with Crippen LogP contribution >= 0.6 is 0 Å². The number of carbonyl (C=O) groups excluding carboxylic acids is 2. The zero-order valence-corrected chi connectivity index (χ0v) is 13.2. The molecule has 1 rings (SSSR count). The first kappa shape index (κ1) is 16.4. The van der Waals surface area contributed by atoms with Gasteiger partial charge in [0.15, 0.2) is 0 Å². The number of carbonyl (C=O) groups is 2. The van der Waals surface area contributed by atoms with Crippen molar-refractivity contribution < 1.29 is 9.59 Å². The van der Waals surface area contributed by atoms with Gasteiger partial charge in [-0.3, -0.25) is 14.5 Å². The van der Waals surface area contributed by atoms with Crippen molar-refractivity contribution in [2.75, 3.05) is 6.54 Å². The Kier molecular flexibility index (Phi) is 5.93. The molecule has 0 radical (unpaired) electrons. The van der Waals surface area contributed by atoms with E-state index in [1.54, 1.807) is 6.92 Å². The number of hydrogen-bond donors (Lipinski definition) is 0. The van der Waals surface area contributed by atoms with Gasteiger partial charge < -0.3 is 0 Å². The molecule has 0 aromatic heterocycles. The first-order valence-electron chi connectivity index (χ1n) is 7.13. The summed E-state index contributed by atoms with van der Waals surface area (Å²) in [6.07, 6.45) is 6.52. The Morgan fingerprint density at radius 1 is 1.15 bits per heavy atom. The van der Waals surface area contributed by atoms with E-state index < -0.39 is 0 Å². The molecule has 20 heavy (non-hydrogen) atoms. The van der Waals surface area contributed by atoms with Crippen LogP contribution in [-0.4, -0.2) is 23.3 Å². The van der Waals surface area contributed by atoms with E-state index in [4.69, 9.17) is 0 Å². The summed E-state index contributed by atoms with van der Waals surface area (Å²) in [6.45, 7) is 10.3. The third kappa shape index (κ3) is 4.48. The van der Waals surface area contributed by atoms with Gasteiger partial charge in [0.2, 0.25) is 5.91 Å². The third-order valence-corrected chi connectivity index (χ3v) is 3.64. The summed E-state index contributed by atoms with van der Waals surface area (Å²) in [5, 5.41) is 0. The van der Waals surface area contributed by atoms with Gasteiger partial charge in [0, 0.05) is 18.5 Å². The van der Waals surface area contributed by atoms with E-state index in [0.29, 0.717) is 18.5 Å². The molecule has 0 saturated carbocycles. The fraction of sp³-hybridized carbons (Fsp3) is 0.529. The minimum absolute atomic E-state index is 0.0913. The third-order valence-electron chi connectivity index (χ3n) is 3.64. The van der Waals surface area contributed by atoms with Crippen LogP contribution in [0.5, 0.6) is 0 Å². The van der Waals surface area contributed by atoms with E-state index in [2.05, 4.69) is 19.9 Å². The zero-order valence-electron chi connectivity index (χ0n) is 13.2. The summed E-state index contributed by atoms with van der Waals surface area (Å²) in [7, 11) is 0. The predicted octanol–water partition coefficient (Wildman–Crippen LogP) is 3.77. The summed E-state index contributed by atoms with van der Waals surface area (Å²) in [5.41, 5.74) is 4.13. The highest BCUT2D eigenvalue weighted by molar-refractivity contribution is 6.08. The first-order chi connectivity index (χ1) is 9.32. The van der Waals surface area contributed by atoms with Crippen molar-refractivity contribution >= 4 is 11.8 Å². The largest absolute Gasteiger partial charge is 0.275 e. The molecule has 1 aliphatic rings. The lowest BCUT2D eigenvalue weighted by atomic mass is 10.0. The molecule has 0 bridgehead atoms. The smallest absolute Gasteiger partial charge is 0.256 e. The normalized spacial score (nSPS) is 16.9. The van der Waals surface area contributed by atoms with E-state index in [9.17, 15) is 9.59 Å². The van der Waals surface area contributed by atoms with Crippen molar-refractivity contribution in [2.45, 2.75) is 53.9 Å². The zero-order chi connectivity index (χ0) is 15.3. The quantitative estimate of drug-likeness (QED) is 0.565. The van der Waals surface area contributed by atoms with Crippen LogP contribution in [0, 0.1) is 0 Å². The van der Waals surface area contributed by atoms with Crippen LogP contribution in [0.25, 0.3) is 0 Å². The van der Waals surface area contributed by atoms with Crippen LogP contribution in [0.3, 0.4) is 0 Å². The minimum atomic E-state index is -0.146. The lowest BCUT2D eigenvalue weighted by molar-refractivity contribution is -0.142. The Bertz CT molecular complexity index is 491. The molecule has 0 aromatic rings. The summed E-state index contributed by atoms with van der Waals surface area (Å²) in [5.74, 6) is -0.237. The second-order valence-electron chi connectivity index (χ2n) is 5.76. The van der Waals surface area contributed by atoms with Gasteiger partial charge in [0.25, 0.3) is 5.91 Å². The molecule has 0 fully saturated rings. The van der Waals surface area contributed by atoms with Gasteiger partial charge in [0.05, 0.1) is 0 Å². The van der Waals surface area contributed by atoms with Crippen molar-refractivity contribution in [3.63, 3.8) is 0 Å². The van der Waals surface area contributed by atoms with Crippen molar-refractivity contribution in [2.24, 2.45) is 0 Å². The van der Waals surface area contributed by atoms with Crippen molar-refractivity contribution in [3.8, 4) is 0 Å². The number of imide groups is 1. The van der Waals surface area contributed by atoms with Crippen LogP contribution in [0.15, 0.2) is 34.4 Å². The lowest BCUT2D eigenvalue weighted by Crippen LogP contribution is -2.41. The predicted molar refractivity (Wildman–Crippen MR) is 82.1 cm³/mol. The molecule has 110 valence electrons. The standard InChI is InChI=1S/C17H25NO2/c1-12(2)7-6-8-13(3)9-10-18-16(19)11-14(4)15(5)17(18)20/h7,9H,6,8,10-11H2,1-5H3. The van der Waals surface area contributed by atoms with Crippen molar-refractivity contribution in [1.82, 2.24) is 4.90 Å². The number of amides is 2. The molecule has 1 aliphatic heterocycles. The van der Waals surface area contributed by atoms with Gasteiger partial charge in [-0.1, -0.05) is 28.9 Å². The minimum Gasteiger partial charge on any atom is -0.275 e. The van der Waals surface area contributed by atoms with Crippen LogP contribution in [0.4, 0.5) is 0 Å². The summed E-state index contributed by atoms with van der Waals surface area (Å²) >= 11 is 0. The van der Waals surface area contributed by atoms with E-state index >= 15 is 0 Å². The fourth-order valence-electron chi connectivity index (χ4n) is 2.08. The van der Waals surface area contributed by atoms with E-state index in [1.807, 2.05) is 19.9 Å². The average Bonchev–Trinajstić information content (AvgIpc) is 2.35. The average molecular weight is 275 g/mol. The first-order valence-corrected chi connectivity index (χ1v) is 7.13. The molecule has 0 N–H and O–H groups in total. The number of nitrogens with zero attached hydrogens (tertiary/aromatic N) is 1. The highest BCUT2D eigenvalue weighted by Crippen LogP contribution is 2.19. The molecular weight excluding hydrogens is 250 g/mol. The molecule has 2 amide bonds. The Morgan fingerprint density at radius 3 is 2.40 bits per heavy atom. The molecule has 0 saturated heterocycles. The summed E-state index contributed by atoms with van der Waals surface area (Å²) in [6, 6.07) is 0. The van der Waals surface area contributed by atoms with Crippen LogP contribution in [-0.2, 0) is 9.59 Å². The molecular formula is C17H25NO2. The monoisotopic (exact) mass is 275 g/mol. The topological polar surface area (TPSA) is 37.4 Å². The molecule has 0 unspecified atom stereocenters. The molecule has 3 nitrogen and oxygen atoms in total. The summed E-state index contributed by atoms with van der Waals surface area (Å²) in [4.78, 5) is 25.3. The maximum absolute atomic E-state index is 12.1. The molecule has 0 spiro atoms. The molecule has 0 aliphatic carbocycles. The Balaban J connectivity index is 2.62. The molecule has 3 heteroatoms. The number of hydrogen-bond acceptors (Lipinski definition) is 2. The van der Waals surface area contributed by atoms with E-state index in [0.717, 1.165) is 18.4 Å². The van der Waals surface area contributed by atoms with Crippen LogP contribution < -0.4 is 0 Å². The maximum Gasteiger partial charge on any atom is 0.256 e. The van der Waals surface area contributed by atoms with Crippen molar-refractivity contribution in [1.29, 1.82) is 0 Å². The highest BCUT2D eigenvalue weighted by atomic mass is 16.2. The van der Waals surface area contributed by atoms with E-state index in [-0.39, 0.29) is 11.8 Å². The molecule has 1 heterocycles. The van der Waals surface area contributed by atoms with Gasteiger partial charge in [-0.15, -0.1) is 0 Å². The van der Waals surface area contributed by atoms with Crippen LogP contribution in [0.1, 0.15) is 53.9 Å². The lowest BCUT2D eigenvalue weighted by Gasteiger charge is -2.25. The number of allylic oxidation sites excluding steroid dienone is 3. The van der Waals surface area contributed by atoms with Gasteiger partial charge in [-0.2, -0.15) is 0 Å². The second kappa shape index (κ2) is 7.22. The SMILES string of the molecule is CC(C)=CCCC(C)=CCN1C(=O)CC(C)=C(C)C1=O. The van der Waals surface area contributed by atoms with E-state index in [1.165, 1.54) is 16.0 Å². The second-order valence-corrected chi connectivity index (χ2v) is 5.76. The van der Waals surface area contributed by atoms with Gasteiger partial charge in [0.1, 0.15) is 0 Å². The molecule has 0 atom stereocenters. The Hall–Kier alpha value is -1.64. The highest BCUT2D eigenvalue weighted by Gasteiger charge is 2.28. The maximum atomic E-state index is 12.1. The fourth-order valence-corrected chi connectivity index (χ4v) is 2.08. The van der Waals surface area contributed by atoms with Gasteiger partial charge in [-0.05, 0) is 47.5 Å².